The number of aryl methyl sites for hydroxylation is 1. The van der Waals surface area contributed by atoms with Gasteiger partial charge in [0.1, 0.15) is 11.4 Å². The van der Waals surface area contributed by atoms with Crippen LogP contribution in [0.2, 0.25) is 0 Å². The van der Waals surface area contributed by atoms with Gasteiger partial charge in [-0.1, -0.05) is 29.8 Å². The van der Waals surface area contributed by atoms with Gasteiger partial charge in [-0.3, -0.25) is 4.79 Å². The topological polar surface area (TPSA) is 54.1 Å². The Labute approximate surface area is 129 Å². The summed E-state index contributed by atoms with van der Waals surface area (Å²) in [4.78, 5) is 15.4. The Balaban J connectivity index is 1.73. The number of aromatic amines is 1. The number of rotatable bonds is 4. The van der Waals surface area contributed by atoms with E-state index >= 15 is 0 Å². The third-order valence-corrected chi connectivity index (χ3v) is 3.65. The first-order chi connectivity index (χ1) is 10.7. The average molecular weight is 294 g/mol. The van der Waals surface area contributed by atoms with E-state index in [9.17, 15) is 4.79 Å². The molecule has 0 bridgehead atoms. The van der Waals surface area contributed by atoms with Crippen molar-refractivity contribution in [3.63, 3.8) is 0 Å². The molecule has 0 fully saturated rings. The van der Waals surface area contributed by atoms with Crippen molar-refractivity contribution in [3.05, 3.63) is 65.4 Å². The van der Waals surface area contributed by atoms with Gasteiger partial charge in [-0.2, -0.15) is 0 Å². The predicted octanol–water partition coefficient (Wildman–Crippen LogP) is 3.41. The molecule has 0 spiro atoms. The van der Waals surface area contributed by atoms with E-state index in [0.29, 0.717) is 12.2 Å². The van der Waals surface area contributed by atoms with Crippen molar-refractivity contribution in [2.24, 2.45) is 0 Å². The molecule has 22 heavy (non-hydrogen) atoms. The first-order valence-corrected chi connectivity index (χ1v) is 7.16. The van der Waals surface area contributed by atoms with E-state index in [1.54, 1.807) is 7.11 Å². The van der Waals surface area contributed by atoms with Crippen LogP contribution in [0.25, 0.3) is 10.9 Å². The fourth-order valence-electron chi connectivity index (χ4n) is 2.34. The van der Waals surface area contributed by atoms with Crippen LogP contribution in [0.1, 0.15) is 21.6 Å². The van der Waals surface area contributed by atoms with Crippen molar-refractivity contribution < 1.29 is 9.53 Å². The van der Waals surface area contributed by atoms with E-state index in [-0.39, 0.29) is 5.91 Å². The van der Waals surface area contributed by atoms with Gasteiger partial charge < -0.3 is 15.0 Å². The molecule has 1 amide bonds. The minimum absolute atomic E-state index is 0.115. The number of aromatic nitrogens is 1. The number of methoxy groups -OCH3 is 1. The van der Waals surface area contributed by atoms with Crippen molar-refractivity contribution in [1.82, 2.24) is 10.3 Å². The predicted molar refractivity (Wildman–Crippen MR) is 87.2 cm³/mol. The number of hydrogen-bond donors (Lipinski definition) is 2. The fourth-order valence-corrected chi connectivity index (χ4v) is 2.34. The zero-order valence-corrected chi connectivity index (χ0v) is 12.6. The van der Waals surface area contributed by atoms with E-state index in [2.05, 4.69) is 10.3 Å². The second kappa shape index (κ2) is 5.93. The zero-order chi connectivity index (χ0) is 15.5. The Morgan fingerprint density at radius 1 is 1.14 bits per heavy atom. The summed E-state index contributed by atoms with van der Waals surface area (Å²) in [5.41, 5.74) is 3.73. The molecule has 0 aliphatic carbocycles. The third-order valence-electron chi connectivity index (χ3n) is 3.65. The van der Waals surface area contributed by atoms with Crippen LogP contribution in [0.5, 0.6) is 5.75 Å². The molecule has 3 aromatic rings. The molecule has 0 aliphatic rings. The van der Waals surface area contributed by atoms with E-state index in [0.717, 1.165) is 22.2 Å². The molecule has 112 valence electrons. The minimum Gasteiger partial charge on any atom is -0.497 e. The zero-order valence-electron chi connectivity index (χ0n) is 12.6. The summed E-state index contributed by atoms with van der Waals surface area (Å²) in [5.74, 6) is 0.650. The summed E-state index contributed by atoms with van der Waals surface area (Å²) in [6.07, 6.45) is 0. The number of nitrogens with one attached hydrogen (secondary N) is 2. The van der Waals surface area contributed by atoms with Gasteiger partial charge in [-0.25, -0.2) is 0 Å². The van der Waals surface area contributed by atoms with Crippen molar-refractivity contribution >= 4 is 16.8 Å². The molecule has 0 aliphatic heterocycles. The monoisotopic (exact) mass is 294 g/mol. The molecule has 2 aromatic carbocycles. The molecular weight excluding hydrogens is 276 g/mol. The molecule has 4 heteroatoms. The molecule has 0 saturated carbocycles. The lowest BCUT2D eigenvalue weighted by Gasteiger charge is -2.04. The number of H-pyrrole nitrogens is 1. The SMILES string of the molecule is COc1ccc2cc(C(=O)NCc3ccc(C)cc3)[nH]c2c1. The number of benzene rings is 2. The summed E-state index contributed by atoms with van der Waals surface area (Å²) >= 11 is 0. The smallest absolute Gasteiger partial charge is 0.267 e. The maximum absolute atomic E-state index is 12.2. The Bertz CT molecular complexity index is 804. The van der Waals surface area contributed by atoms with Crippen molar-refractivity contribution in [2.45, 2.75) is 13.5 Å². The van der Waals surface area contributed by atoms with Crippen molar-refractivity contribution in [2.75, 3.05) is 7.11 Å². The average Bonchev–Trinajstić information content (AvgIpc) is 2.97. The van der Waals surface area contributed by atoms with E-state index in [1.807, 2.05) is 55.5 Å². The van der Waals surface area contributed by atoms with E-state index < -0.39 is 0 Å². The third kappa shape index (κ3) is 2.96. The van der Waals surface area contributed by atoms with Gasteiger partial charge in [0.05, 0.1) is 7.11 Å². The van der Waals surface area contributed by atoms with Gasteiger partial charge in [-0.15, -0.1) is 0 Å². The lowest BCUT2D eigenvalue weighted by molar-refractivity contribution is 0.0947. The van der Waals surface area contributed by atoms with Crippen LogP contribution in [-0.4, -0.2) is 18.0 Å². The summed E-state index contributed by atoms with van der Waals surface area (Å²) in [6, 6.07) is 15.7. The maximum Gasteiger partial charge on any atom is 0.267 e. The van der Waals surface area contributed by atoms with E-state index in [4.69, 9.17) is 4.74 Å². The second-order valence-electron chi connectivity index (χ2n) is 5.30. The molecule has 1 heterocycles. The first kappa shape index (κ1) is 14.2. The molecule has 0 radical (unpaired) electrons. The molecule has 1 aromatic heterocycles. The van der Waals surface area contributed by atoms with Crippen LogP contribution in [0.15, 0.2) is 48.5 Å². The Kier molecular flexibility index (Phi) is 3.83. The molecule has 0 atom stereocenters. The van der Waals surface area contributed by atoms with Gasteiger partial charge in [0.2, 0.25) is 0 Å². The van der Waals surface area contributed by atoms with Crippen LogP contribution >= 0.6 is 0 Å². The largest absolute Gasteiger partial charge is 0.497 e. The lowest BCUT2D eigenvalue weighted by atomic mass is 10.1. The van der Waals surface area contributed by atoms with E-state index in [1.165, 1.54) is 5.56 Å². The highest BCUT2D eigenvalue weighted by molar-refractivity contribution is 5.98. The molecule has 3 rings (SSSR count). The van der Waals surface area contributed by atoms with Crippen LogP contribution in [0.3, 0.4) is 0 Å². The van der Waals surface area contributed by atoms with Crippen LogP contribution in [-0.2, 0) is 6.54 Å². The van der Waals surface area contributed by atoms with Crippen molar-refractivity contribution in [1.29, 1.82) is 0 Å². The number of amides is 1. The maximum atomic E-state index is 12.2. The molecule has 4 nitrogen and oxygen atoms in total. The lowest BCUT2D eigenvalue weighted by Crippen LogP contribution is -2.23. The summed E-state index contributed by atoms with van der Waals surface area (Å²) < 4.78 is 5.19. The van der Waals surface area contributed by atoms with Gasteiger partial charge in [-0.05, 0) is 30.7 Å². The Morgan fingerprint density at radius 3 is 2.64 bits per heavy atom. The summed E-state index contributed by atoms with van der Waals surface area (Å²) in [5, 5.41) is 3.91. The van der Waals surface area contributed by atoms with Gasteiger partial charge in [0.25, 0.3) is 5.91 Å². The summed E-state index contributed by atoms with van der Waals surface area (Å²) in [6.45, 7) is 2.55. The number of fused-ring (bicyclic) bond motifs is 1. The van der Waals surface area contributed by atoms with Crippen LogP contribution in [0, 0.1) is 6.92 Å². The van der Waals surface area contributed by atoms with Crippen molar-refractivity contribution in [3.8, 4) is 5.75 Å². The standard InChI is InChI=1S/C18H18N2O2/c1-12-3-5-13(6-4-12)11-19-18(21)17-9-14-7-8-15(22-2)10-16(14)20-17/h3-10,20H,11H2,1-2H3,(H,19,21). The minimum atomic E-state index is -0.115. The van der Waals surface area contributed by atoms with Crippen LogP contribution in [0.4, 0.5) is 0 Å². The number of ether oxygens (including phenoxy) is 1. The molecule has 0 saturated heterocycles. The number of hydrogen-bond acceptors (Lipinski definition) is 2. The Morgan fingerprint density at radius 2 is 1.91 bits per heavy atom. The number of carbonyl (C=O) groups is 1. The second-order valence-corrected chi connectivity index (χ2v) is 5.30. The normalized spacial score (nSPS) is 10.6. The number of carbonyl (C=O) groups excluding carboxylic acids is 1. The highest BCUT2D eigenvalue weighted by Crippen LogP contribution is 2.21. The fraction of sp³-hybridized carbons (Fsp3) is 0.167. The highest BCUT2D eigenvalue weighted by Gasteiger charge is 2.09. The molecular formula is C18H18N2O2. The quantitative estimate of drug-likeness (QED) is 0.774. The Hall–Kier alpha value is -2.75. The highest BCUT2D eigenvalue weighted by atomic mass is 16.5. The molecule has 0 unspecified atom stereocenters. The molecule has 2 N–H and O–H groups in total. The summed E-state index contributed by atoms with van der Waals surface area (Å²) in [7, 11) is 1.62. The van der Waals surface area contributed by atoms with Gasteiger partial charge >= 0.3 is 0 Å². The van der Waals surface area contributed by atoms with Crippen LogP contribution < -0.4 is 10.1 Å². The first-order valence-electron chi connectivity index (χ1n) is 7.16. The van der Waals surface area contributed by atoms with Gasteiger partial charge in [0.15, 0.2) is 0 Å². The van der Waals surface area contributed by atoms with Gasteiger partial charge in [0, 0.05) is 23.5 Å².